The Hall–Kier alpha value is -3.06. The molecule has 2 aromatic carbocycles. The van der Waals surface area contributed by atoms with E-state index in [0.29, 0.717) is 0 Å². The first-order valence-corrected chi connectivity index (χ1v) is 9.70. The van der Waals surface area contributed by atoms with Gasteiger partial charge in [-0.05, 0) is 55.7 Å². The molecule has 1 nitrogen and oxygen atoms in total. The van der Waals surface area contributed by atoms with Crippen molar-refractivity contribution in [1.29, 1.82) is 0 Å². The predicted molar refractivity (Wildman–Crippen MR) is 125 cm³/mol. The van der Waals surface area contributed by atoms with Crippen LogP contribution < -0.4 is 4.90 Å². The molecule has 0 radical (unpaired) electrons. The molecule has 0 bridgehead atoms. The van der Waals surface area contributed by atoms with Crippen molar-refractivity contribution in [2.24, 2.45) is 0 Å². The lowest BCUT2D eigenvalue weighted by Crippen LogP contribution is -2.42. The average molecular weight is 370 g/mol. The fourth-order valence-corrected chi connectivity index (χ4v) is 3.33. The molecular weight excluding hydrogens is 338 g/mol. The van der Waals surface area contributed by atoms with Crippen LogP contribution in [0.3, 0.4) is 0 Å². The third kappa shape index (κ3) is 4.80. The summed E-state index contributed by atoms with van der Waals surface area (Å²) in [5.41, 5.74) is 5.39. The Bertz CT molecular complexity index is 868. The van der Waals surface area contributed by atoms with Crippen LogP contribution in [0.15, 0.2) is 110 Å². The van der Waals surface area contributed by atoms with Crippen LogP contribution in [0.4, 0.5) is 5.69 Å². The molecule has 1 unspecified atom stereocenters. The van der Waals surface area contributed by atoms with Crippen LogP contribution in [-0.4, -0.2) is 0 Å². The van der Waals surface area contributed by atoms with Crippen LogP contribution in [0.25, 0.3) is 6.08 Å². The van der Waals surface area contributed by atoms with E-state index in [9.17, 15) is 0 Å². The maximum absolute atomic E-state index is 4.05. The molecule has 0 spiro atoms. The first-order chi connectivity index (χ1) is 13.5. The molecule has 1 atom stereocenters. The zero-order valence-electron chi connectivity index (χ0n) is 17.4. The summed E-state index contributed by atoms with van der Waals surface area (Å²) in [5, 5.41) is 0. The summed E-state index contributed by atoms with van der Waals surface area (Å²) in [6, 6.07) is 19.2. The SMILES string of the molecule is C=C/C=C(\C=C)N(c1ccccc1)C(C)(CC)c1ccc(/C=C/C(=C)C)cc1. The lowest BCUT2D eigenvalue weighted by atomic mass is 9.85. The summed E-state index contributed by atoms with van der Waals surface area (Å²) >= 11 is 0. The van der Waals surface area contributed by atoms with Gasteiger partial charge in [-0.3, -0.25) is 0 Å². The third-order valence-corrected chi connectivity index (χ3v) is 5.05. The van der Waals surface area contributed by atoms with Crippen LogP contribution in [-0.2, 0) is 5.54 Å². The van der Waals surface area contributed by atoms with Crippen LogP contribution in [0.2, 0.25) is 0 Å². The number of para-hydroxylation sites is 1. The van der Waals surface area contributed by atoms with Gasteiger partial charge in [-0.25, -0.2) is 0 Å². The van der Waals surface area contributed by atoms with Crippen molar-refractivity contribution in [2.45, 2.75) is 32.7 Å². The topological polar surface area (TPSA) is 3.24 Å². The van der Waals surface area contributed by atoms with Crippen molar-refractivity contribution in [3.8, 4) is 0 Å². The summed E-state index contributed by atoms with van der Waals surface area (Å²) in [4.78, 5) is 2.35. The Labute approximate surface area is 170 Å². The Kier molecular flexibility index (Phi) is 7.40. The molecule has 0 N–H and O–H groups in total. The molecule has 2 aromatic rings. The highest BCUT2D eigenvalue weighted by atomic mass is 15.2. The summed E-state index contributed by atoms with van der Waals surface area (Å²) < 4.78 is 0. The summed E-state index contributed by atoms with van der Waals surface area (Å²) in [7, 11) is 0. The van der Waals surface area contributed by atoms with E-state index in [1.165, 1.54) is 11.1 Å². The predicted octanol–water partition coefficient (Wildman–Crippen LogP) is 7.66. The van der Waals surface area contributed by atoms with Gasteiger partial charge in [-0.2, -0.15) is 0 Å². The number of hydrogen-bond donors (Lipinski definition) is 0. The fraction of sp³-hybridized carbons (Fsp3) is 0.185. The minimum Gasteiger partial charge on any atom is -0.332 e. The lowest BCUT2D eigenvalue weighted by Gasteiger charge is -2.44. The van der Waals surface area contributed by atoms with Gasteiger partial charge in [0.05, 0.1) is 5.54 Å². The van der Waals surface area contributed by atoms with Gasteiger partial charge in [0, 0.05) is 11.4 Å². The largest absolute Gasteiger partial charge is 0.332 e. The van der Waals surface area contributed by atoms with E-state index in [1.807, 2.05) is 37.3 Å². The lowest BCUT2D eigenvalue weighted by molar-refractivity contribution is 0.453. The van der Waals surface area contributed by atoms with E-state index in [2.05, 4.69) is 93.1 Å². The van der Waals surface area contributed by atoms with Crippen LogP contribution in [0.1, 0.15) is 38.3 Å². The minimum absolute atomic E-state index is 0.235. The zero-order valence-corrected chi connectivity index (χ0v) is 17.4. The summed E-state index contributed by atoms with van der Waals surface area (Å²) in [6.45, 7) is 18.4. The van der Waals surface area contributed by atoms with Gasteiger partial charge < -0.3 is 4.90 Å². The standard InChI is InChI=1S/C27H31N/c1-7-13-25(8-2)28(26-14-11-10-12-15-26)27(6,9-3)24-20-18-23(19-21-24)17-16-22(4)5/h7-8,10-21H,1-2,4,9H2,3,5-6H3/b17-16+,25-13+. The van der Waals surface area contributed by atoms with E-state index < -0.39 is 0 Å². The number of nitrogens with zero attached hydrogens (tertiary/aromatic N) is 1. The van der Waals surface area contributed by atoms with Crippen molar-refractivity contribution in [1.82, 2.24) is 0 Å². The number of benzene rings is 2. The highest BCUT2D eigenvalue weighted by molar-refractivity contribution is 5.60. The van der Waals surface area contributed by atoms with Crippen molar-refractivity contribution in [3.05, 3.63) is 121 Å². The van der Waals surface area contributed by atoms with Gasteiger partial charge in [-0.15, -0.1) is 0 Å². The van der Waals surface area contributed by atoms with Gasteiger partial charge in [0.1, 0.15) is 0 Å². The van der Waals surface area contributed by atoms with Gasteiger partial charge in [-0.1, -0.05) is 92.9 Å². The number of allylic oxidation sites excluding steroid dienone is 5. The molecule has 1 heteroatoms. The molecule has 144 valence electrons. The maximum atomic E-state index is 4.05. The Morgan fingerprint density at radius 1 is 1.04 bits per heavy atom. The molecule has 0 aliphatic rings. The first-order valence-electron chi connectivity index (χ1n) is 9.70. The van der Waals surface area contributed by atoms with Crippen molar-refractivity contribution in [2.75, 3.05) is 4.90 Å². The van der Waals surface area contributed by atoms with Gasteiger partial charge >= 0.3 is 0 Å². The van der Waals surface area contributed by atoms with Crippen molar-refractivity contribution < 1.29 is 0 Å². The van der Waals surface area contributed by atoms with Crippen LogP contribution >= 0.6 is 0 Å². The normalized spacial score (nSPS) is 13.8. The smallest absolute Gasteiger partial charge is 0.0671 e. The average Bonchev–Trinajstić information content (AvgIpc) is 2.72. The van der Waals surface area contributed by atoms with E-state index in [0.717, 1.165) is 23.4 Å². The maximum Gasteiger partial charge on any atom is 0.0671 e. The molecule has 0 saturated carbocycles. The van der Waals surface area contributed by atoms with E-state index in [4.69, 9.17) is 0 Å². The zero-order chi connectivity index (χ0) is 20.6. The first kappa shape index (κ1) is 21.2. The molecule has 0 amide bonds. The van der Waals surface area contributed by atoms with Crippen LogP contribution in [0.5, 0.6) is 0 Å². The van der Waals surface area contributed by atoms with Crippen molar-refractivity contribution in [3.63, 3.8) is 0 Å². The second kappa shape index (κ2) is 9.75. The Morgan fingerprint density at radius 2 is 1.68 bits per heavy atom. The van der Waals surface area contributed by atoms with E-state index >= 15 is 0 Å². The Balaban J connectivity index is 2.57. The quantitative estimate of drug-likeness (QED) is 0.410. The summed E-state index contributed by atoms with van der Waals surface area (Å²) in [6.07, 6.45) is 10.8. The number of rotatable bonds is 9. The number of anilines is 1. The molecule has 0 aromatic heterocycles. The van der Waals surface area contributed by atoms with E-state index in [1.54, 1.807) is 0 Å². The van der Waals surface area contributed by atoms with Crippen molar-refractivity contribution >= 4 is 11.8 Å². The molecule has 0 heterocycles. The molecule has 0 saturated heterocycles. The van der Waals surface area contributed by atoms with E-state index in [-0.39, 0.29) is 5.54 Å². The van der Waals surface area contributed by atoms with Crippen LogP contribution in [0, 0.1) is 0 Å². The number of hydrogen-bond acceptors (Lipinski definition) is 1. The second-order valence-electron chi connectivity index (χ2n) is 7.13. The Morgan fingerprint density at radius 3 is 2.18 bits per heavy atom. The minimum atomic E-state index is -0.235. The molecule has 2 rings (SSSR count). The van der Waals surface area contributed by atoms with Gasteiger partial charge in [0.15, 0.2) is 0 Å². The molecule has 0 aliphatic heterocycles. The molecular formula is C27H31N. The third-order valence-electron chi connectivity index (χ3n) is 5.05. The van der Waals surface area contributed by atoms with Gasteiger partial charge in [0.25, 0.3) is 0 Å². The molecule has 0 fully saturated rings. The summed E-state index contributed by atoms with van der Waals surface area (Å²) in [5.74, 6) is 0. The highest BCUT2D eigenvalue weighted by Gasteiger charge is 2.33. The fourth-order valence-electron chi connectivity index (χ4n) is 3.33. The molecule has 28 heavy (non-hydrogen) atoms. The monoisotopic (exact) mass is 369 g/mol. The highest BCUT2D eigenvalue weighted by Crippen LogP contribution is 2.39. The molecule has 0 aliphatic carbocycles. The van der Waals surface area contributed by atoms with Gasteiger partial charge in [0.2, 0.25) is 0 Å². The second-order valence-corrected chi connectivity index (χ2v) is 7.13.